The van der Waals surface area contributed by atoms with E-state index in [0.29, 0.717) is 5.92 Å². The molecule has 1 fully saturated rings. The molecule has 1 aromatic heterocycles. The van der Waals surface area contributed by atoms with E-state index < -0.39 is 0 Å². The van der Waals surface area contributed by atoms with Gasteiger partial charge < -0.3 is 20.9 Å². The Morgan fingerprint density at radius 2 is 1.88 bits per heavy atom. The molecule has 4 rings (SSSR count). The summed E-state index contributed by atoms with van der Waals surface area (Å²) in [5, 5.41) is 3.50. The van der Waals surface area contributed by atoms with Crippen LogP contribution in [0.2, 0.25) is 0 Å². The standard InChI is InChI=1S/C20H28N6/c1-14-9-17-19(10-15(14)2)26(20-18(24-17)12-22-13-23-20)8-7-25-5-3-16(11-21)4-6-25/h9-10,12-13,16,24H,3-8,11,21H2,1-2H3. The van der Waals surface area contributed by atoms with E-state index in [1.54, 1.807) is 6.33 Å². The Labute approximate surface area is 155 Å². The third kappa shape index (κ3) is 3.27. The first-order chi connectivity index (χ1) is 12.7. The first kappa shape index (κ1) is 17.2. The van der Waals surface area contributed by atoms with Crippen molar-refractivity contribution in [3.63, 3.8) is 0 Å². The molecule has 0 radical (unpaired) electrons. The number of piperidine rings is 1. The van der Waals surface area contributed by atoms with Gasteiger partial charge in [-0.2, -0.15) is 0 Å². The van der Waals surface area contributed by atoms with Gasteiger partial charge in [0.25, 0.3) is 0 Å². The topological polar surface area (TPSA) is 70.3 Å². The summed E-state index contributed by atoms with van der Waals surface area (Å²) in [4.78, 5) is 13.6. The van der Waals surface area contributed by atoms with Crippen LogP contribution < -0.4 is 16.0 Å². The summed E-state index contributed by atoms with van der Waals surface area (Å²) in [6.07, 6.45) is 5.92. The molecule has 1 aromatic carbocycles. The zero-order valence-electron chi connectivity index (χ0n) is 15.7. The lowest BCUT2D eigenvalue weighted by Gasteiger charge is -2.36. The molecule has 26 heavy (non-hydrogen) atoms. The quantitative estimate of drug-likeness (QED) is 0.882. The average Bonchev–Trinajstić information content (AvgIpc) is 2.67. The van der Waals surface area contributed by atoms with E-state index in [0.717, 1.165) is 49.9 Å². The summed E-state index contributed by atoms with van der Waals surface area (Å²) in [5.41, 5.74) is 11.7. The van der Waals surface area contributed by atoms with Gasteiger partial charge >= 0.3 is 0 Å². The second kappa shape index (κ2) is 7.21. The number of aromatic nitrogens is 2. The molecule has 6 heteroatoms. The summed E-state index contributed by atoms with van der Waals surface area (Å²) >= 11 is 0. The van der Waals surface area contributed by atoms with Crippen LogP contribution in [0.15, 0.2) is 24.7 Å². The molecule has 2 aliphatic heterocycles. The van der Waals surface area contributed by atoms with Gasteiger partial charge in [0.05, 0.1) is 17.6 Å². The molecular formula is C20H28N6. The molecule has 0 bridgehead atoms. The number of nitrogens with zero attached hydrogens (tertiary/aromatic N) is 4. The van der Waals surface area contributed by atoms with Gasteiger partial charge in [-0.3, -0.25) is 0 Å². The maximum absolute atomic E-state index is 5.82. The number of nitrogens with two attached hydrogens (primary N) is 1. The van der Waals surface area contributed by atoms with Gasteiger partial charge in [0, 0.05) is 13.1 Å². The lowest BCUT2D eigenvalue weighted by molar-refractivity contribution is 0.192. The van der Waals surface area contributed by atoms with Crippen molar-refractivity contribution in [1.82, 2.24) is 14.9 Å². The van der Waals surface area contributed by atoms with Crippen molar-refractivity contribution >= 4 is 22.9 Å². The molecule has 1 saturated heterocycles. The number of likely N-dealkylation sites (tertiary alicyclic amines) is 1. The molecule has 6 nitrogen and oxygen atoms in total. The average molecular weight is 352 g/mol. The van der Waals surface area contributed by atoms with Gasteiger partial charge in [-0.25, -0.2) is 9.97 Å². The predicted molar refractivity (Wildman–Crippen MR) is 106 cm³/mol. The van der Waals surface area contributed by atoms with E-state index in [1.165, 1.54) is 29.7 Å². The molecule has 3 N–H and O–H groups in total. The Morgan fingerprint density at radius 1 is 1.12 bits per heavy atom. The fraction of sp³-hybridized carbons (Fsp3) is 0.500. The van der Waals surface area contributed by atoms with E-state index in [2.05, 4.69) is 51.1 Å². The van der Waals surface area contributed by atoms with Crippen LogP contribution in [0.4, 0.5) is 22.9 Å². The number of benzene rings is 1. The lowest BCUT2D eigenvalue weighted by atomic mass is 9.97. The molecule has 138 valence electrons. The smallest absolute Gasteiger partial charge is 0.160 e. The van der Waals surface area contributed by atoms with Crippen molar-refractivity contribution in [3.8, 4) is 0 Å². The highest BCUT2D eigenvalue weighted by Crippen LogP contribution is 2.42. The second-order valence-corrected chi connectivity index (χ2v) is 7.51. The number of hydrogen-bond donors (Lipinski definition) is 2. The molecule has 2 aromatic rings. The van der Waals surface area contributed by atoms with Crippen LogP contribution in [0.3, 0.4) is 0 Å². The van der Waals surface area contributed by atoms with Gasteiger partial charge in [-0.05, 0) is 75.5 Å². The number of fused-ring (bicyclic) bond motifs is 2. The third-order valence-electron chi connectivity index (χ3n) is 5.80. The van der Waals surface area contributed by atoms with Crippen LogP contribution in [0.25, 0.3) is 0 Å². The highest BCUT2D eigenvalue weighted by atomic mass is 15.3. The van der Waals surface area contributed by atoms with Crippen LogP contribution in [0.1, 0.15) is 24.0 Å². The van der Waals surface area contributed by atoms with Crippen molar-refractivity contribution in [3.05, 3.63) is 35.8 Å². The van der Waals surface area contributed by atoms with E-state index >= 15 is 0 Å². The number of rotatable bonds is 4. The van der Waals surface area contributed by atoms with Crippen molar-refractivity contribution in [2.45, 2.75) is 26.7 Å². The minimum Gasteiger partial charge on any atom is -0.350 e. The number of hydrogen-bond acceptors (Lipinski definition) is 6. The van der Waals surface area contributed by atoms with Crippen molar-refractivity contribution in [2.24, 2.45) is 11.7 Å². The predicted octanol–water partition coefficient (Wildman–Crippen LogP) is 2.96. The van der Waals surface area contributed by atoms with Gasteiger partial charge in [0.1, 0.15) is 12.0 Å². The summed E-state index contributed by atoms with van der Waals surface area (Å²) in [5.74, 6) is 1.66. The largest absolute Gasteiger partial charge is 0.350 e. The SMILES string of the molecule is Cc1cc2c(cc1C)N(CCN1CCC(CN)CC1)c1ncncc1N2. The number of aryl methyl sites for hydroxylation is 2. The van der Waals surface area contributed by atoms with Gasteiger partial charge in [0.15, 0.2) is 5.82 Å². The summed E-state index contributed by atoms with van der Waals surface area (Å²) in [6, 6.07) is 4.49. The van der Waals surface area contributed by atoms with Crippen molar-refractivity contribution in [1.29, 1.82) is 0 Å². The highest BCUT2D eigenvalue weighted by molar-refractivity contribution is 5.90. The molecule has 0 atom stereocenters. The van der Waals surface area contributed by atoms with E-state index in [9.17, 15) is 0 Å². The number of anilines is 4. The maximum Gasteiger partial charge on any atom is 0.160 e. The van der Waals surface area contributed by atoms with Crippen molar-refractivity contribution in [2.75, 3.05) is 42.9 Å². The van der Waals surface area contributed by atoms with Crippen LogP contribution in [0, 0.1) is 19.8 Å². The Hall–Kier alpha value is -2.18. The minimum atomic E-state index is 0.699. The Bertz CT molecular complexity index is 782. The zero-order valence-corrected chi connectivity index (χ0v) is 15.7. The third-order valence-corrected chi connectivity index (χ3v) is 5.80. The highest BCUT2D eigenvalue weighted by Gasteiger charge is 2.26. The van der Waals surface area contributed by atoms with E-state index in [-0.39, 0.29) is 0 Å². The maximum atomic E-state index is 5.82. The Kier molecular flexibility index (Phi) is 4.78. The molecule has 0 amide bonds. The molecule has 0 unspecified atom stereocenters. The van der Waals surface area contributed by atoms with Crippen LogP contribution in [0.5, 0.6) is 0 Å². The fourth-order valence-electron chi connectivity index (χ4n) is 3.92. The molecule has 2 aliphatic rings. The fourth-order valence-corrected chi connectivity index (χ4v) is 3.92. The number of nitrogens with one attached hydrogen (secondary N) is 1. The molecule has 0 spiro atoms. The molecule has 0 saturated carbocycles. The summed E-state index contributed by atoms with van der Waals surface area (Å²) < 4.78 is 0. The Balaban J connectivity index is 1.56. The van der Waals surface area contributed by atoms with Gasteiger partial charge in [-0.1, -0.05) is 0 Å². The molecule has 0 aliphatic carbocycles. The second-order valence-electron chi connectivity index (χ2n) is 7.51. The van der Waals surface area contributed by atoms with E-state index in [4.69, 9.17) is 5.73 Å². The molecular weight excluding hydrogens is 324 g/mol. The van der Waals surface area contributed by atoms with Crippen LogP contribution in [-0.2, 0) is 0 Å². The van der Waals surface area contributed by atoms with Gasteiger partial charge in [0.2, 0.25) is 0 Å². The van der Waals surface area contributed by atoms with Gasteiger partial charge in [-0.15, -0.1) is 0 Å². The lowest BCUT2D eigenvalue weighted by Crippen LogP contribution is -2.40. The van der Waals surface area contributed by atoms with E-state index in [1.807, 2.05) is 6.20 Å². The first-order valence-corrected chi connectivity index (χ1v) is 9.54. The minimum absolute atomic E-state index is 0.699. The summed E-state index contributed by atoms with van der Waals surface area (Å²) in [6.45, 7) is 9.39. The normalized spacial score (nSPS) is 17.6. The summed E-state index contributed by atoms with van der Waals surface area (Å²) in [7, 11) is 0. The molecule has 3 heterocycles. The first-order valence-electron chi connectivity index (χ1n) is 9.54. The van der Waals surface area contributed by atoms with Crippen LogP contribution in [-0.4, -0.2) is 47.6 Å². The van der Waals surface area contributed by atoms with Crippen molar-refractivity contribution < 1.29 is 0 Å². The Morgan fingerprint density at radius 3 is 2.65 bits per heavy atom. The zero-order chi connectivity index (χ0) is 18.1. The van der Waals surface area contributed by atoms with Crippen LogP contribution >= 0.6 is 0 Å². The monoisotopic (exact) mass is 352 g/mol.